The number of hydrogen-bond acceptors (Lipinski definition) is 2. The highest BCUT2D eigenvalue weighted by molar-refractivity contribution is 5.34. The van der Waals surface area contributed by atoms with Crippen LogP contribution in [-0.2, 0) is 13.1 Å². The van der Waals surface area contributed by atoms with Gasteiger partial charge in [-0.25, -0.2) is 4.39 Å². The molecule has 0 aliphatic carbocycles. The van der Waals surface area contributed by atoms with Gasteiger partial charge in [-0.1, -0.05) is 6.92 Å². The summed E-state index contributed by atoms with van der Waals surface area (Å²) in [6.07, 6.45) is 3.91. The molecule has 19 heavy (non-hydrogen) atoms. The van der Waals surface area contributed by atoms with E-state index in [1.807, 2.05) is 29.1 Å². The van der Waals surface area contributed by atoms with Crippen LogP contribution in [0.25, 0.3) is 0 Å². The lowest BCUT2D eigenvalue weighted by atomic mass is 10.1. The van der Waals surface area contributed by atoms with Crippen LogP contribution in [0.4, 0.5) is 4.39 Å². The molecule has 0 aliphatic heterocycles. The summed E-state index contributed by atoms with van der Waals surface area (Å²) in [4.78, 5) is 0. The van der Waals surface area contributed by atoms with Crippen LogP contribution in [0.3, 0.4) is 0 Å². The van der Waals surface area contributed by atoms with E-state index in [2.05, 4.69) is 12.2 Å². The topological polar surface area (TPSA) is 40.8 Å². The van der Waals surface area contributed by atoms with Gasteiger partial charge in [0, 0.05) is 31.0 Å². The highest BCUT2D eigenvalue weighted by Crippen LogP contribution is 2.13. The van der Waals surface area contributed by atoms with Crippen molar-refractivity contribution in [1.29, 1.82) is 5.26 Å². The van der Waals surface area contributed by atoms with Crippen molar-refractivity contribution >= 4 is 0 Å². The predicted octanol–water partition coefficient (Wildman–Crippen LogP) is 2.66. The Morgan fingerprint density at radius 2 is 2.21 bits per heavy atom. The van der Waals surface area contributed by atoms with Gasteiger partial charge in [0.1, 0.15) is 5.82 Å². The molecule has 0 unspecified atom stereocenters. The van der Waals surface area contributed by atoms with Crippen molar-refractivity contribution < 1.29 is 4.39 Å². The molecule has 0 saturated carbocycles. The zero-order valence-electron chi connectivity index (χ0n) is 10.9. The highest BCUT2D eigenvalue weighted by atomic mass is 19.1. The predicted molar refractivity (Wildman–Crippen MR) is 72.0 cm³/mol. The fourth-order valence-corrected chi connectivity index (χ4v) is 1.92. The summed E-state index contributed by atoms with van der Waals surface area (Å²) in [6.45, 7) is 4.22. The van der Waals surface area contributed by atoms with Crippen molar-refractivity contribution in [2.24, 2.45) is 0 Å². The normalized spacial score (nSPS) is 10.4. The maximum absolute atomic E-state index is 13.7. The first kappa shape index (κ1) is 13.3. The molecule has 1 aromatic heterocycles. The highest BCUT2D eigenvalue weighted by Gasteiger charge is 2.05. The van der Waals surface area contributed by atoms with Crippen molar-refractivity contribution in [1.82, 2.24) is 9.88 Å². The van der Waals surface area contributed by atoms with Crippen molar-refractivity contribution in [3.63, 3.8) is 0 Å². The summed E-state index contributed by atoms with van der Waals surface area (Å²) in [5.74, 6) is -0.277. The van der Waals surface area contributed by atoms with E-state index < -0.39 is 0 Å². The Balaban J connectivity index is 2.12. The van der Waals surface area contributed by atoms with Gasteiger partial charge in [-0.05, 0) is 36.4 Å². The molecule has 0 bridgehead atoms. The third-order valence-corrected chi connectivity index (χ3v) is 2.92. The Morgan fingerprint density at radius 1 is 1.37 bits per heavy atom. The van der Waals surface area contributed by atoms with Crippen molar-refractivity contribution in [2.45, 2.75) is 20.0 Å². The summed E-state index contributed by atoms with van der Waals surface area (Å²) in [7, 11) is 0. The Labute approximate surface area is 112 Å². The molecule has 2 aromatic rings. The maximum atomic E-state index is 13.7. The van der Waals surface area contributed by atoms with Crippen LogP contribution in [0.15, 0.2) is 36.7 Å². The fourth-order valence-electron chi connectivity index (χ4n) is 1.92. The minimum Gasteiger partial charge on any atom is -0.349 e. The molecular weight excluding hydrogens is 241 g/mol. The van der Waals surface area contributed by atoms with E-state index in [1.165, 1.54) is 17.7 Å². The molecule has 0 amide bonds. The number of halogens is 1. The lowest BCUT2D eigenvalue weighted by Gasteiger charge is -2.05. The number of nitrogens with zero attached hydrogens (tertiary/aromatic N) is 2. The van der Waals surface area contributed by atoms with E-state index in [0.717, 1.165) is 13.1 Å². The third-order valence-electron chi connectivity index (χ3n) is 2.92. The van der Waals surface area contributed by atoms with Gasteiger partial charge in [0.05, 0.1) is 11.6 Å². The number of rotatable bonds is 5. The average molecular weight is 257 g/mol. The van der Waals surface area contributed by atoms with Gasteiger partial charge in [-0.2, -0.15) is 5.26 Å². The van der Waals surface area contributed by atoms with E-state index in [1.54, 1.807) is 6.07 Å². The van der Waals surface area contributed by atoms with E-state index in [-0.39, 0.29) is 5.82 Å². The standard InChI is InChI=1S/C15H16FN3/c1-2-18-9-13-5-6-19(10-13)11-14-7-12(8-17)3-4-15(14)16/h3-7,10,18H,2,9,11H2,1H3. The summed E-state index contributed by atoms with van der Waals surface area (Å²) in [6, 6.07) is 8.47. The number of benzene rings is 1. The molecular formula is C15H16FN3. The monoisotopic (exact) mass is 257 g/mol. The summed E-state index contributed by atoms with van der Waals surface area (Å²) < 4.78 is 15.6. The van der Waals surface area contributed by atoms with Crippen LogP contribution < -0.4 is 5.32 Å². The molecule has 0 fully saturated rings. The molecule has 3 nitrogen and oxygen atoms in total. The SMILES string of the molecule is CCNCc1ccn(Cc2cc(C#N)ccc2F)c1. The molecule has 4 heteroatoms. The lowest BCUT2D eigenvalue weighted by Crippen LogP contribution is -2.11. The molecule has 0 aliphatic rings. The first-order valence-electron chi connectivity index (χ1n) is 6.27. The molecule has 2 rings (SSSR count). The van der Waals surface area contributed by atoms with Gasteiger partial charge >= 0.3 is 0 Å². The van der Waals surface area contributed by atoms with Gasteiger partial charge in [0.25, 0.3) is 0 Å². The molecule has 0 spiro atoms. The third kappa shape index (κ3) is 3.43. The summed E-state index contributed by atoms with van der Waals surface area (Å²) in [5, 5.41) is 12.1. The lowest BCUT2D eigenvalue weighted by molar-refractivity contribution is 0.599. The van der Waals surface area contributed by atoms with Crippen molar-refractivity contribution in [3.05, 3.63) is 59.2 Å². The molecule has 1 N–H and O–H groups in total. The van der Waals surface area contributed by atoms with Crippen molar-refractivity contribution in [2.75, 3.05) is 6.54 Å². The summed E-state index contributed by atoms with van der Waals surface area (Å²) in [5.41, 5.74) is 2.18. The van der Waals surface area contributed by atoms with Crippen LogP contribution in [0.5, 0.6) is 0 Å². The van der Waals surface area contributed by atoms with Crippen LogP contribution in [0.2, 0.25) is 0 Å². The number of nitriles is 1. The second-order valence-electron chi connectivity index (χ2n) is 4.39. The van der Waals surface area contributed by atoms with Gasteiger partial charge in [-0.3, -0.25) is 0 Å². The summed E-state index contributed by atoms with van der Waals surface area (Å²) >= 11 is 0. The van der Waals surface area contributed by atoms with Crippen LogP contribution in [-0.4, -0.2) is 11.1 Å². The molecule has 1 heterocycles. The van der Waals surface area contributed by atoms with E-state index in [9.17, 15) is 4.39 Å². The smallest absolute Gasteiger partial charge is 0.128 e. The first-order valence-corrected chi connectivity index (χ1v) is 6.27. The Morgan fingerprint density at radius 3 is 2.95 bits per heavy atom. The number of nitrogens with one attached hydrogen (secondary N) is 1. The molecule has 0 saturated heterocycles. The van der Waals surface area contributed by atoms with E-state index in [0.29, 0.717) is 17.7 Å². The quantitative estimate of drug-likeness (QED) is 0.894. The van der Waals surface area contributed by atoms with Crippen LogP contribution >= 0.6 is 0 Å². The van der Waals surface area contributed by atoms with Crippen LogP contribution in [0.1, 0.15) is 23.6 Å². The molecule has 1 aromatic carbocycles. The average Bonchev–Trinajstić information content (AvgIpc) is 2.86. The first-order chi connectivity index (χ1) is 9.22. The van der Waals surface area contributed by atoms with Gasteiger partial charge in [0.2, 0.25) is 0 Å². The maximum Gasteiger partial charge on any atom is 0.128 e. The minimum absolute atomic E-state index is 0.277. The van der Waals surface area contributed by atoms with E-state index in [4.69, 9.17) is 5.26 Å². The van der Waals surface area contributed by atoms with Gasteiger partial charge < -0.3 is 9.88 Å². The van der Waals surface area contributed by atoms with Gasteiger partial charge in [-0.15, -0.1) is 0 Å². The number of aromatic nitrogens is 1. The van der Waals surface area contributed by atoms with Crippen LogP contribution in [0, 0.1) is 17.1 Å². The second kappa shape index (κ2) is 6.17. The molecule has 98 valence electrons. The Hall–Kier alpha value is -2.12. The number of hydrogen-bond donors (Lipinski definition) is 1. The fraction of sp³-hybridized carbons (Fsp3) is 0.267. The van der Waals surface area contributed by atoms with E-state index >= 15 is 0 Å². The zero-order valence-corrected chi connectivity index (χ0v) is 10.9. The Bertz CT molecular complexity index is 596. The minimum atomic E-state index is -0.277. The molecule has 0 radical (unpaired) electrons. The molecule has 0 atom stereocenters. The second-order valence-corrected chi connectivity index (χ2v) is 4.39. The van der Waals surface area contributed by atoms with Gasteiger partial charge in [0.15, 0.2) is 0 Å². The largest absolute Gasteiger partial charge is 0.349 e. The zero-order chi connectivity index (χ0) is 13.7. The Kier molecular flexibility index (Phi) is 4.32. The van der Waals surface area contributed by atoms with Crippen molar-refractivity contribution in [3.8, 4) is 6.07 Å².